The van der Waals surface area contributed by atoms with Crippen LogP contribution in [0, 0.1) is 0 Å². The zero-order chi connectivity index (χ0) is 13.2. The molecule has 0 saturated carbocycles. The number of benzene rings is 1. The summed E-state index contributed by atoms with van der Waals surface area (Å²) in [6, 6.07) is 7.21. The second-order valence-electron chi connectivity index (χ2n) is 3.58. The Morgan fingerprint density at radius 3 is 2.39 bits per heavy atom. The van der Waals surface area contributed by atoms with E-state index in [4.69, 9.17) is 18.9 Å². The molecule has 5 nitrogen and oxygen atoms in total. The minimum absolute atomic E-state index is 0.143. The molecule has 0 saturated heterocycles. The first-order chi connectivity index (χ1) is 8.80. The highest BCUT2D eigenvalue weighted by Crippen LogP contribution is 2.17. The molecular formula is C13H18O5. The van der Waals surface area contributed by atoms with Gasteiger partial charge in [-0.1, -0.05) is 0 Å². The average Bonchev–Trinajstić information content (AvgIpc) is 2.42. The number of rotatable bonds is 9. The fraction of sp³-hybridized carbons (Fsp3) is 0.462. The van der Waals surface area contributed by atoms with Gasteiger partial charge in [0.25, 0.3) is 0 Å². The van der Waals surface area contributed by atoms with Crippen molar-refractivity contribution in [3.05, 3.63) is 24.3 Å². The third kappa shape index (κ3) is 5.16. The van der Waals surface area contributed by atoms with Crippen molar-refractivity contribution < 1.29 is 23.7 Å². The molecule has 0 aromatic heterocycles. The van der Waals surface area contributed by atoms with E-state index in [2.05, 4.69) is 0 Å². The Morgan fingerprint density at radius 1 is 1.17 bits per heavy atom. The van der Waals surface area contributed by atoms with Crippen molar-refractivity contribution in [2.75, 3.05) is 27.6 Å². The van der Waals surface area contributed by atoms with Crippen LogP contribution in [0.25, 0.3) is 0 Å². The van der Waals surface area contributed by atoms with Gasteiger partial charge in [0.2, 0.25) is 0 Å². The third-order valence-electron chi connectivity index (χ3n) is 2.28. The fourth-order valence-electron chi connectivity index (χ4n) is 1.32. The van der Waals surface area contributed by atoms with Gasteiger partial charge in [0.1, 0.15) is 37.3 Å². The second-order valence-corrected chi connectivity index (χ2v) is 3.58. The van der Waals surface area contributed by atoms with Gasteiger partial charge in [-0.05, 0) is 24.3 Å². The quantitative estimate of drug-likeness (QED) is 0.495. The molecule has 18 heavy (non-hydrogen) atoms. The molecule has 100 valence electrons. The fourth-order valence-corrected chi connectivity index (χ4v) is 1.32. The molecule has 0 N–H and O–H groups in total. The zero-order valence-electron chi connectivity index (χ0n) is 10.6. The van der Waals surface area contributed by atoms with E-state index < -0.39 is 0 Å². The summed E-state index contributed by atoms with van der Waals surface area (Å²) in [5.41, 5.74) is 0. The number of methoxy groups -OCH3 is 2. The molecule has 0 radical (unpaired) electrons. The van der Waals surface area contributed by atoms with E-state index >= 15 is 0 Å². The summed E-state index contributed by atoms with van der Waals surface area (Å²) in [4.78, 5) is 10.5. The van der Waals surface area contributed by atoms with E-state index in [-0.39, 0.29) is 19.3 Å². The van der Waals surface area contributed by atoms with Gasteiger partial charge in [0.15, 0.2) is 0 Å². The van der Waals surface area contributed by atoms with Crippen molar-refractivity contribution in [3.8, 4) is 11.5 Å². The van der Waals surface area contributed by atoms with Crippen molar-refractivity contribution in [2.45, 2.75) is 12.5 Å². The number of aldehydes is 1. The van der Waals surface area contributed by atoms with Crippen LogP contribution in [0.15, 0.2) is 24.3 Å². The summed E-state index contributed by atoms with van der Waals surface area (Å²) in [7, 11) is 3.14. The van der Waals surface area contributed by atoms with E-state index in [1.807, 2.05) is 0 Å². The highest BCUT2D eigenvalue weighted by Gasteiger charge is 2.09. The molecular weight excluding hydrogens is 236 g/mol. The maximum absolute atomic E-state index is 10.5. The number of carbonyl (C=O) groups is 1. The minimum atomic E-state index is -0.301. The van der Waals surface area contributed by atoms with Crippen molar-refractivity contribution >= 4 is 6.29 Å². The molecule has 0 unspecified atom stereocenters. The van der Waals surface area contributed by atoms with E-state index in [1.54, 1.807) is 31.4 Å². The van der Waals surface area contributed by atoms with Gasteiger partial charge in [-0.25, -0.2) is 0 Å². The van der Waals surface area contributed by atoms with Crippen molar-refractivity contribution in [3.63, 3.8) is 0 Å². The molecule has 0 aliphatic heterocycles. The maximum atomic E-state index is 10.5. The minimum Gasteiger partial charge on any atom is -0.497 e. The first kappa shape index (κ1) is 14.5. The van der Waals surface area contributed by atoms with Crippen molar-refractivity contribution in [1.29, 1.82) is 0 Å². The number of hydrogen-bond donors (Lipinski definition) is 0. The molecule has 1 aromatic carbocycles. The Balaban J connectivity index is 2.41. The first-order valence-electron chi connectivity index (χ1n) is 5.61. The van der Waals surface area contributed by atoms with E-state index in [9.17, 15) is 4.79 Å². The van der Waals surface area contributed by atoms with E-state index in [1.165, 1.54) is 7.11 Å². The van der Waals surface area contributed by atoms with E-state index in [0.717, 1.165) is 12.0 Å². The van der Waals surface area contributed by atoms with Gasteiger partial charge in [-0.15, -0.1) is 0 Å². The summed E-state index contributed by atoms with van der Waals surface area (Å²) < 4.78 is 20.7. The molecule has 5 heteroatoms. The summed E-state index contributed by atoms with van der Waals surface area (Å²) in [6.45, 7) is 0.443. The molecule has 0 aliphatic carbocycles. The summed E-state index contributed by atoms with van der Waals surface area (Å²) >= 11 is 0. The molecule has 0 spiro atoms. The van der Waals surface area contributed by atoms with Gasteiger partial charge in [0.05, 0.1) is 7.11 Å². The van der Waals surface area contributed by atoms with Crippen LogP contribution in [0.1, 0.15) is 6.42 Å². The van der Waals surface area contributed by atoms with Crippen LogP contribution in [0.2, 0.25) is 0 Å². The molecule has 0 heterocycles. The number of carbonyl (C=O) groups excluding carboxylic acids is 1. The van der Waals surface area contributed by atoms with Crippen molar-refractivity contribution in [1.82, 2.24) is 0 Å². The highest BCUT2D eigenvalue weighted by atomic mass is 16.7. The largest absolute Gasteiger partial charge is 0.497 e. The van der Waals surface area contributed by atoms with Crippen LogP contribution < -0.4 is 9.47 Å². The van der Waals surface area contributed by atoms with Crippen LogP contribution in [-0.2, 0) is 14.3 Å². The number of hydrogen-bond acceptors (Lipinski definition) is 5. The molecule has 0 amide bonds. The average molecular weight is 254 g/mol. The molecule has 1 atom stereocenters. The Morgan fingerprint density at radius 2 is 1.83 bits per heavy atom. The van der Waals surface area contributed by atoms with Crippen LogP contribution >= 0.6 is 0 Å². The van der Waals surface area contributed by atoms with Crippen LogP contribution in [0.3, 0.4) is 0 Å². The van der Waals surface area contributed by atoms with Crippen LogP contribution in [0.5, 0.6) is 11.5 Å². The lowest BCUT2D eigenvalue weighted by molar-refractivity contribution is -0.117. The summed E-state index contributed by atoms with van der Waals surface area (Å²) in [6.07, 6.45) is 0.779. The van der Waals surface area contributed by atoms with Crippen LogP contribution in [-0.4, -0.2) is 40.0 Å². The van der Waals surface area contributed by atoms with Gasteiger partial charge in [0, 0.05) is 13.5 Å². The smallest absolute Gasteiger partial charge is 0.146 e. The standard InChI is InChI=1S/C13H18O5/c1-15-10-18-13(7-8-14)9-17-12-5-3-11(16-2)4-6-12/h3-6,8,13H,7,9-10H2,1-2H3/t13-/m1/s1. The van der Waals surface area contributed by atoms with Gasteiger partial charge >= 0.3 is 0 Å². The summed E-state index contributed by atoms with van der Waals surface area (Å²) in [5.74, 6) is 1.47. The first-order valence-corrected chi connectivity index (χ1v) is 5.61. The Hall–Kier alpha value is -1.59. The van der Waals surface area contributed by atoms with Crippen molar-refractivity contribution in [2.24, 2.45) is 0 Å². The monoisotopic (exact) mass is 254 g/mol. The van der Waals surface area contributed by atoms with Gasteiger partial charge < -0.3 is 23.7 Å². The molecule has 0 fully saturated rings. The lowest BCUT2D eigenvalue weighted by atomic mass is 10.3. The molecule has 1 rings (SSSR count). The predicted molar refractivity (Wildman–Crippen MR) is 65.9 cm³/mol. The zero-order valence-corrected chi connectivity index (χ0v) is 10.6. The van der Waals surface area contributed by atoms with Gasteiger partial charge in [-0.3, -0.25) is 0 Å². The van der Waals surface area contributed by atoms with Gasteiger partial charge in [-0.2, -0.15) is 0 Å². The SMILES string of the molecule is COCO[C@H](CC=O)COc1ccc(OC)cc1. The highest BCUT2D eigenvalue weighted by molar-refractivity contribution is 5.50. The lowest BCUT2D eigenvalue weighted by Gasteiger charge is -2.15. The summed E-state index contributed by atoms with van der Waals surface area (Å²) in [5, 5.41) is 0. The maximum Gasteiger partial charge on any atom is 0.146 e. The topological polar surface area (TPSA) is 54.0 Å². The normalized spacial score (nSPS) is 11.9. The predicted octanol–water partition coefficient (Wildman–Crippen LogP) is 1.65. The number of ether oxygens (including phenoxy) is 4. The molecule has 1 aromatic rings. The third-order valence-corrected chi connectivity index (χ3v) is 2.28. The Labute approximate surface area is 107 Å². The van der Waals surface area contributed by atoms with E-state index in [0.29, 0.717) is 12.4 Å². The lowest BCUT2D eigenvalue weighted by Crippen LogP contribution is -2.23. The molecule has 0 aliphatic rings. The Bertz CT molecular complexity index is 336. The molecule has 0 bridgehead atoms. The Kier molecular flexibility index (Phi) is 6.83. The second kappa shape index (κ2) is 8.49. The van der Waals surface area contributed by atoms with Crippen LogP contribution in [0.4, 0.5) is 0 Å².